The monoisotopic (exact) mass is 567 g/mol. The molecule has 4 N–H and O–H groups in total. The fourth-order valence-electron chi connectivity index (χ4n) is 3.63. The zero-order chi connectivity index (χ0) is 31.0. The van der Waals surface area contributed by atoms with Gasteiger partial charge in [0, 0.05) is 11.8 Å². The molecule has 3 aromatic rings. The topological polar surface area (TPSA) is 177 Å². The van der Waals surface area contributed by atoms with E-state index in [4.69, 9.17) is 28.1 Å². The number of nitrogens with one attached hydrogen (secondary N) is 2. The highest BCUT2D eigenvalue weighted by molar-refractivity contribution is 7.46. The number of carbonyl (C=O) groups is 1. The van der Waals surface area contributed by atoms with E-state index >= 15 is 0 Å². The van der Waals surface area contributed by atoms with E-state index in [-0.39, 0.29) is 40.7 Å². The summed E-state index contributed by atoms with van der Waals surface area (Å²) in [5.41, 5.74) is -0.580. The first-order chi connectivity index (χ1) is 19.5. The van der Waals surface area contributed by atoms with Crippen molar-refractivity contribution in [3.05, 3.63) is 41.8 Å². The molecule has 0 radical (unpaired) electrons. The lowest BCUT2D eigenvalue weighted by atomic mass is 10.1. The number of carbonyl (C=O) groups excluding carboxylic acids is 1. The van der Waals surface area contributed by atoms with E-state index in [1.807, 2.05) is 0 Å². The Labute approximate surface area is 226 Å². The Bertz CT molecular complexity index is 1570. The second-order valence-corrected chi connectivity index (χ2v) is 9.92. The molecule has 14 nitrogen and oxygen atoms in total. The summed E-state index contributed by atoms with van der Waals surface area (Å²) in [6.07, 6.45) is 0.890. The number of fused-ring (bicyclic) bond motifs is 1. The van der Waals surface area contributed by atoms with Crippen molar-refractivity contribution in [2.45, 2.75) is 26.4 Å². The van der Waals surface area contributed by atoms with Crippen LogP contribution >= 0.6 is 7.82 Å². The van der Waals surface area contributed by atoms with Gasteiger partial charge in [0.1, 0.15) is 12.5 Å². The number of hydrogen-bond acceptors (Lipinski definition) is 11. The van der Waals surface area contributed by atoms with E-state index in [1.54, 1.807) is 13.0 Å². The molecule has 2 aromatic heterocycles. The Kier molecular flexibility index (Phi) is 6.54. The van der Waals surface area contributed by atoms with Crippen LogP contribution in [0.3, 0.4) is 0 Å². The molecule has 0 aliphatic carbocycles. The third-order valence-corrected chi connectivity index (χ3v) is 5.84. The molecule has 1 aliphatic rings. The van der Waals surface area contributed by atoms with Gasteiger partial charge >= 0.3 is 7.82 Å². The van der Waals surface area contributed by atoms with Gasteiger partial charge in [0.15, 0.2) is 40.3 Å². The number of nitrogens with zero attached hydrogens (tertiary/aromatic N) is 4. The van der Waals surface area contributed by atoms with Crippen molar-refractivity contribution in [3.8, 4) is 17.2 Å². The van der Waals surface area contributed by atoms with Crippen molar-refractivity contribution in [2.24, 2.45) is 0 Å². The molecule has 0 spiro atoms. The minimum atomic E-state index is -4.93. The molecular weight excluding hydrogens is 538 g/mol. The second-order valence-electron chi connectivity index (χ2n) is 8.68. The predicted octanol–water partition coefficient (Wildman–Crippen LogP) is 3.39. The highest BCUT2D eigenvalue weighted by atomic mass is 31.2. The van der Waals surface area contributed by atoms with Crippen molar-refractivity contribution in [1.29, 1.82) is 0 Å². The number of aromatic nitrogens is 3. The number of aryl methyl sites for hydroxylation is 1. The molecule has 0 unspecified atom stereocenters. The van der Waals surface area contributed by atoms with Crippen molar-refractivity contribution in [2.75, 3.05) is 36.4 Å². The molecule has 1 aromatic carbocycles. The van der Waals surface area contributed by atoms with Crippen LogP contribution in [0.4, 0.5) is 33.5 Å². The maximum Gasteiger partial charge on any atom is 0.471 e. The van der Waals surface area contributed by atoms with E-state index in [0.717, 1.165) is 11.1 Å². The Balaban J connectivity index is 1.61. The largest absolute Gasteiger partial charge is 0.493 e. The van der Waals surface area contributed by atoms with Crippen molar-refractivity contribution < 1.29 is 46.4 Å². The molecule has 4 rings (SSSR count). The number of phosphoric ester groups is 1. The van der Waals surface area contributed by atoms with Gasteiger partial charge in [0.05, 0.1) is 24.5 Å². The standard InChI is InChI=1S/C23H26FN6O8P/c1-12-8-13(9-16(35-4)18(12)36-5)26-22-25-10-14(24)19(29-22)27-17-7-6-15-20(28-17)30(11-37-39(32,33)34)21(31)23(2,3)38-15/h6-10H,11H2,1-5H3,(H2,32,33,34)(H2,25,26,27,28,29)/i5D3. The van der Waals surface area contributed by atoms with Crippen LogP contribution in [-0.2, 0) is 13.9 Å². The van der Waals surface area contributed by atoms with Gasteiger partial charge in [-0.25, -0.2) is 18.9 Å². The minimum absolute atomic E-state index is 0.00161. The Morgan fingerprint density at radius 1 is 1.23 bits per heavy atom. The van der Waals surface area contributed by atoms with Gasteiger partial charge in [-0.3, -0.25) is 14.2 Å². The molecule has 39 heavy (non-hydrogen) atoms. The van der Waals surface area contributed by atoms with Gasteiger partial charge in [-0.1, -0.05) is 0 Å². The van der Waals surface area contributed by atoms with Crippen LogP contribution in [0.25, 0.3) is 0 Å². The van der Waals surface area contributed by atoms with Crippen LogP contribution in [0.5, 0.6) is 17.2 Å². The molecule has 1 amide bonds. The van der Waals surface area contributed by atoms with Crippen LogP contribution in [0, 0.1) is 12.7 Å². The molecular formula is C23H26FN6O8P. The number of anilines is 5. The summed E-state index contributed by atoms with van der Waals surface area (Å²) < 4.78 is 68.5. The number of pyridine rings is 1. The molecule has 0 saturated carbocycles. The summed E-state index contributed by atoms with van der Waals surface area (Å²) in [6.45, 7) is 3.71. The smallest absolute Gasteiger partial charge is 0.471 e. The molecule has 16 heteroatoms. The first-order valence-electron chi connectivity index (χ1n) is 12.6. The SMILES string of the molecule is [2H]C([2H])([2H])Oc1c(C)cc(Nc2ncc(F)c(Nc3ccc4c(n3)N(COP(=O)(O)O)C(=O)C(C)(C)O4)n2)cc1OC. The quantitative estimate of drug-likeness (QED) is 0.277. The summed E-state index contributed by atoms with van der Waals surface area (Å²) in [6, 6.07) is 5.85. The van der Waals surface area contributed by atoms with Crippen molar-refractivity contribution >= 4 is 42.8 Å². The third kappa shape index (κ3) is 6.17. The first kappa shape index (κ1) is 24.0. The van der Waals surface area contributed by atoms with Gasteiger partial charge in [0.25, 0.3) is 5.91 Å². The van der Waals surface area contributed by atoms with Crippen LogP contribution in [0.15, 0.2) is 30.5 Å². The average Bonchev–Trinajstić information content (AvgIpc) is 2.86. The molecule has 3 heterocycles. The number of amides is 1. The van der Waals surface area contributed by atoms with Gasteiger partial charge < -0.3 is 34.6 Å². The van der Waals surface area contributed by atoms with E-state index in [2.05, 4.69) is 30.1 Å². The fraction of sp³-hybridized carbons (Fsp3) is 0.304. The minimum Gasteiger partial charge on any atom is -0.493 e. The first-order valence-corrected chi connectivity index (χ1v) is 12.6. The van der Waals surface area contributed by atoms with E-state index in [9.17, 15) is 13.8 Å². The number of hydrogen-bond donors (Lipinski definition) is 4. The zero-order valence-electron chi connectivity index (χ0n) is 24.1. The number of ether oxygens (including phenoxy) is 3. The van der Waals surface area contributed by atoms with E-state index in [0.29, 0.717) is 11.3 Å². The second kappa shape index (κ2) is 10.6. The number of phosphoric acid groups is 1. The summed E-state index contributed by atoms with van der Waals surface area (Å²) in [4.78, 5) is 44.3. The summed E-state index contributed by atoms with van der Waals surface area (Å²) in [5, 5.41) is 5.55. The lowest BCUT2D eigenvalue weighted by Crippen LogP contribution is -2.53. The average molecular weight is 567 g/mol. The number of halogens is 1. The van der Waals surface area contributed by atoms with Crippen molar-refractivity contribution in [1.82, 2.24) is 15.0 Å². The molecule has 0 atom stereocenters. The maximum absolute atomic E-state index is 14.7. The van der Waals surface area contributed by atoms with Gasteiger partial charge in [-0.15, -0.1) is 0 Å². The summed E-state index contributed by atoms with van der Waals surface area (Å²) in [7, 11) is -6.29. The normalized spacial score (nSPS) is 15.8. The maximum atomic E-state index is 14.7. The van der Waals surface area contributed by atoms with Crippen molar-refractivity contribution in [3.63, 3.8) is 0 Å². The molecule has 208 valence electrons. The molecule has 0 bridgehead atoms. The lowest BCUT2D eigenvalue weighted by Gasteiger charge is -2.37. The van der Waals surface area contributed by atoms with E-state index in [1.165, 1.54) is 39.2 Å². The highest BCUT2D eigenvalue weighted by Crippen LogP contribution is 2.41. The van der Waals surface area contributed by atoms with Crippen LogP contribution < -0.4 is 29.7 Å². The number of rotatable bonds is 9. The zero-order valence-corrected chi connectivity index (χ0v) is 21.9. The highest BCUT2D eigenvalue weighted by Gasteiger charge is 2.42. The Hall–Kier alpha value is -4.04. The summed E-state index contributed by atoms with van der Waals surface area (Å²) in [5.74, 6) is -1.79. The summed E-state index contributed by atoms with van der Waals surface area (Å²) >= 11 is 0. The van der Waals surface area contributed by atoms with Crippen LogP contribution in [-0.4, -0.2) is 57.1 Å². The molecule has 0 fully saturated rings. The number of benzene rings is 1. The van der Waals surface area contributed by atoms with Gasteiger partial charge in [0.2, 0.25) is 5.95 Å². The van der Waals surface area contributed by atoms with Crippen LogP contribution in [0.1, 0.15) is 23.5 Å². The predicted molar refractivity (Wildman–Crippen MR) is 137 cm³/mol. The van der Waals surface area contributed by atoms with Crippen LogP contribution in [0.2, 0.25) is 0 Å². The van der Waals surface area contributed by atoms with Gasteiger partial charge in [-0.2, -0.15) is 4.98 Å². The Morgan fingerprint density at radius 3 is 2.69 bits per heavy atom. The lowest BCUT2D eigenvalue weighted by molar-refractivity contribution is -0.133. The van der Waals surface area contributed by atoms with E-state index < -0.39 is 38.9 Å². The molecule has 1 aliphatic heterocycles. The fourth-order valence-corrected chi connectivity index (χ4v) is 3.90. The number of methoxy groups -OCH3 is 2. The third-order valence-electron chi connectivity index (χ3n) is 5.38. The Morgan fingerprint density at radius 2 is 2.00 bits per heavy atom. The van der Waals surface area contributed by atoms with Gasteiger partial charge in [-0.05, 0) is 44.5 Å². The molecule has 0 saturated heterocycles.